The average molecular weight is 296 g/mol. The Morgan fingerprint density at radius 1 is 1.12 bits per heavy atom. The predicted octanol–water partition coefficient (Wildman–Crippen LogP) is 4.36. The van der Waals surface area contributed by atoms with Gasteiger partial charge in [-0.15, -0.1) is 0 Å². The summed E-state index contributed by atoms with van der Waals surface area (Å²) in [6.07, 6.45) is 5.42. The van der Waals surface area contributed by atoms with E-state index in [4.69, 9.17) is 0 Å². The first kappa shape index (κ1) is 12.6. The van der Waals surface area contributed by atoms with Crippen molar-refractivity contribution in [2.75, 3.05) is 0 Å². The molecule has 1 aliphatic rings. The summed E-state index contributed by atoms with van der Waals surface area (Å²) >= 11 is 3.59. The molecule has 0 aromatic carbocycles. The number of allylic oxidation sites excluding steroid dienone is 2. The van der Waals surface area contributed by atoms with Crippen molar-refractivity contribution in [2.45, 2.75) is 46.0 Å². The lowest BCUT2D eigenvalue weighted by Gasteiger charge is -2.11. The number of rotatable bonds is 1. The lowest BCUT2D eigenvalue weighted by molar-refractivity contribution is 0.0947. The van der Waals surface area contributed by atoms with Gasteiger partial charge < -0.3 is 0 Å². The Kier molecular flexibility index (Phi) is 3.87. The molecule has 0 spiro atoms. The summed E-state index contributed by atoms with van der Waals surface area (Å²) in [7, 11) is 0. The first-order valence-electron chi connectivity index (χ1n) is 6.18. The van der Waals surface area contributed by atoms with E-state index < -0.39 is 0 Å². The molecule has 0 atom stereocenters. The van der Waals surface area contributed by atoms with Crippen molar-refractivity contribution < 1.29 is 4.79 Å². The number of nitrogens with zero attached hydrogens (tertiary/aromatic N) is 1. The molecule has 0 N–H and O–H groups in total. The molecule has 0 saturated heterocycles. The van der Waals surface area contributed by atoms with Crippen LogP contribution in [0.25, 0.3) is 0 Å². The molecule has 0 unspecified atom stereocenters. The Hall–Kier alpha value is -0.830. The summed E-state index contributed by atoms with van der Waals surface area (Å²) in [5.41, 5.74) is 3.00. The van der Waals surface area contributed by atoms with Gasteiger partial charge in [0.05, 0.1) is 0 Å². The first-order chi connectivity index (χ1) is 8.11. The second kappa shape index (κ2) is 5.21. The van der Waals surface area contributed by atoms with Crippen LogP contribution < -0.4 is 0 Å². The van der Waals surface area contributed by atoms with Gasteiger partial charge in [-0.25, -0.2) is 0 Å². The van der Waals surface area contributed by atoms with E-state index in [0.29, 0.717) is 0 Å². The van der Waals surface area contributed by atoms with Gasteiger partial charge >= 0.3 is 0 Å². The van der Waals surface area contributed by atoms with Crippen molar-refractivity contribution in [1.29, 1.82) is 0 Å². The van der Waals surface area contributed by atoms with Crippen molar-refractivity contribution in [3.05, 3.63) is 33.6 Å². The normalized spacial score (nSPS) is 17.1. The Labute approximate surface area is 111 Å². The average Bonchev–Trinajstić information content (AvgIpc) is 2.51. The molecule has 0 saturated carbocycles. The molecule has 1 aliphatic carbocycles. The van der Waals surface area contributed by atoms with Gasteiger partial charge in [0.2, 0.25) is 0 Å². The van der Waals surface area contributed by atoms with Gasteiger partial charge in [0, 0.05) is 21.4 Å². The molecule has 0 bridgehead atoms. The molecule has 1 aromatic heterocycles. The number of carbonyl (C=O) groups is 1. The Balaban J connectivity index is 2.37. The molecule has 2 rings (SSSR count). The first-order valence-corrected chi connectivity index (χ1v) is 6.97. The fourth-order valence-electron chi connectivity index (χ4n) is 2.39. The molecule has 0 amide bonds. The molecule has 17 heavy (non-hydrogen) atoms. The smallest absolute Gasteiger partial charge is 0.259 e. The SMILES string of the molecule is Cc1ccc(C)n1C(=O)C1=C(Br)CCCCC1. The van der Waals surface area contributed by atoms with Crippen molar-refractivity contribution in [2.24, 2.45) is 0 Å². The van der Waals surface area contributed by atoms with Crippen molar-refractivity contribution in [3.8, 4) is 0 Å². The van der Waals surface area contributed by atoms with E-state index in [9.17, 15) is 4.79 Å². The highest BCUT2D eigenvalue weighted by atomic mass is 79.9. The van der Waals surface area contributed by atoms with E-state index >= 15 is 0 Å². The van der Waals surface area contributed by atoms with Crippen LogP contribution in [0.5, 0.6) is 0 Å². The maximum Gasteiger partial charge on any atom is 0.259 e. The van der Waals surface area contributed by atoms with E-state index in [-0.39, 0.29) is 5.91 Å². The number of halogens is 1. The molecule has 0 fully saturated rings. The summed E-state index contributed by atoms with van der Waals surface area (Å²) < 4.78 is 2.93. The quantitative estimate of drug-likeness (QED) is 0.754. The number of hydrogen-bond acceptors (Lipinski definition) is 1. The summed E-state index contributed by atoms with van der Waals surface area (Å²) in [6.45, 7) is 3.96. The van der Waals surface area contributed by atoms with Gasteiger partial charge in [-0.3, -0.25) is 9.36 Å². The van der Waals surface area contributed by atoms with Crippen LogP contribution in [0, 0.1) is 13.8 Å². The summed E-state index contributed by atoms with van der Waals surface area (Å²) in [5, 5.41) is 0. The molecule has 0 aliphatic heterocycles. The predicted molar refractivity (Wildman–Crippen MR) is 73.6 cm³/mol. The fraction of sp³-hybridized carbons (Fsp3) is 0.500. The van der Waals surface area contributed by atoms with E-state index in [1.165, 1.54) is 12.8 Å². The maximum absolute atomic E-state index is 12.5. The zero-order valence-electron chi connectivity index (χ0n) is 10.4. The van der Waals surface area contributed by atoms with Crippen LogP contribution in [0.4, 0.5) is 0 Å². The largest absolute Gasteiger partial charge is 0.285 e. The highest BCUT2D eigenvalue weighted by molar-refractivity contribution is 9.11. The van der Waals surface area contributed by atoms with Crippen molar-refractivity contribution in [3.63, 3.8) is 0 Å². The van der Waals surface area contributed by atoms with Gasteiger partial charge in [-0.2, -0.15) is 0 Å². The summed E-state index contributed by atoms with van der Waals surface area (Å²) in [4.78, 5) is 12.5. The van der Waals surface area contributed by atoms with Gasteiger partial charge in [-0.05, 0) is 51.7 Å². The Morgan fingerprint density at radius 2 is 1.71 bits per heavy atom. The number of aryl methyl sites for hydroxylation is 2. The van der Waals surface area contributed by atoms with Gasteiger partial charge in [-0.1, -0.05) is 22.4 Å². The maximum atomic E-state index is 12.5. The van der Waals surface area contributed by atoms with Gasteiger partial charge in [0.15, 0.2) is 0 Å². The molecular formula is C14H18BrNO. The molecule has 0 radical (unpaired) electrons. The second-order valence-corrected chi connectivity index (χ2v) is 5.66. The number of aromatic nitrogens is 1. The monoisotopic (exact) mass is 295 g/mol. The minimum absolute atomic E-state index is 0.152. The van der Waals surface area contributed by atoms with Crippen LogP contribution in [0.2, 0.25) is 0 Å². The zero-order chi connectivity index (χ0) is 12.4. The molecule has 3 heteroatoms. The number of carbonyl (C=O) groups excluding carboxylic acids is 1. The third-order valence-electron chi connectivity index (χ3n) is 3.38. The van der Waals surface area contributed by atoms with Crippen LogP contribution >= 0.6 is 15.9 Å². The van der Waals surface area contributed by atoms with Crippen LogP contribution in [-0.2, 0) is 0 Å². The zero-order valence-corrected chi connectivity index (χ0v) is 12.0. The molecule has 1 heterocycles. The van der Waals surface area contributed by atoms with E-state index in [1.807, 2.05) is 30.5 Å². The molecule has 2 nitrogen and oxygen atoms in total. The topological polar surface area (TPSA) is 22.0 Å². The summed E-state index contributed by atoms with van der Waals surface area (Å²) in [6, 6.07) is 4.00. The van der Waals surface area contributed by atoms with E-state index in [0.717, 1.165) is 40.7 Å². The highest BCUT2D eigenvalue weighted by Crippen LogP contribution is 2.29. The lowest BCUT2D eigenvalue weighted by atomic mass is 10.1. The third-order valence-corrected chi connectivity index (χ3v) is 4.26. The van der Waals surface area contributed by atoms with Crippen LogP contribution in [0.3, 0.4) is 0 Å². The molecular weight excluding hydrogens is 278 g/mol. The van der Waals surface area contributed by atoms with E-state index in [1.54, 1.807) is 0 Å². The Morgan fingerprint density at radius 3 is 2.35 bits per heavy atom. The highest BCUT2D eigenvalue weighted by Gasteiger charge is 2.19. The Bertz CT molecular complexity index is 451. The van der Waals surface area contributed by atoms with Crippen molar-refractivity contribution in [1.82, 2.24) is 4.57 Å². The van der Waals surface area contributed by atoms with Gasteiger partial charge in [0.25, 0.3) is 5.91 Å². The third kappa shape index (κ3) is 2.54. The molecule has 1 aromatic rings. The van der Waals surface area contributed by atoms with Crippen LogP contribution in [0.1, 0.15) is 48.3 Å². The lowest BCUT2D eigenvalue weighted by Crippen LogP contribution is -2.16. The standard InChI is InChI=1S/C14H18BrNO/c1-10-8-9-11(2)16(10)14(17)12-6-4-3-5-7-13(12)15/h8-9H,3-7H2,1-2H3. The van der Waals surface area contributed by atoms with Crippen LogP contribution in [-0.4, -0.2) is 10.5 Å². The fourth-order valence-corrected chi connectivity index (χ4v) is 3.04. The van der Waals surface area contributed by atoms with E-state index in [2.05, 4.69) is 15.9 Å². The van der Waals surface area contributed by atoms with Crippen LogP contribution in [0.15, 0.2) is 22.2 Å². The van der Waals surface area contributed by atoms with Crippen molar-refractivity contribution >= 4 is 21.8 Å². The minimum Gasteiger partial charge on any atom is -0.285 e. The second-order valence-electron chi connectivity index (χ2n) is 4.70. The van der Waals surface area contributed by atoms with Gasteiger partial charge in [0.1, 0.15) is 0 Å². The summed E-state index contributed by atoms with van der Waals surface area (Å²) in [5.74, 6) is 0.152. The minimum atomic E-state index is 0.152. The molecule has 92 valence electrons. The number of hydrogen-bond donors (Lipinski definition) is 0.